The van der Waals surface area contributed by atoms with Crippen LogP contribution in [-0.4, -0.2) is 105 Å². The minimum absolute atomic E-state index is 0.0697. The third kappa shape index (κ3) is 5.70. The van der Waals surface area contributed by atoms with E-state index in [1.165, 1.54) is 12.5 Å². The highest BCUT2D eigenvalue weighted by Crippen LogP contribution is 2.49. The molecular weight excluding hydrogens is 533 g/mol. The van der Waals surface area contributed by atoms with Crippen LogP contribution >= 0.6 is 0 Å². The molecule has 5 aliphatic rings. The lowest BCUT2D eigenvalue weighted by atomic mass is 9.62. The van der Waals surface area contributed by atoms with Crippen LogP contribution in [-0.2, 0) is 16.0 Å². The largest absolute Gasteiger partial charge is 0.371 e. The molecule has 0 radical (unpaired) electrons. The number of benzene rings is 1. The van der Waals surface area contributed by atoms with Gasteiger partial charge in [0.15, 0.2) is 6.35 Å². The minimum atomic E-state index is -0.284. The molecule has 9 nitrogen and oxygen atoms in total. The van der Waals surface area contributed by atoms with Crippen molar-refractivity contribution in [2.24, 2.45) is 11.3 Å². The Morgan fingerprint density at radius 1 is 1.24 bits per heavy atom. The van der Waals surface area contributed by atoms with Crippen molar-refractivity contribution in [2.75, 3.05) is 58.3 Å². The Labute approximate surface area is 249 Å². The molecule has 4 unspecified atom stereocenters. The van der Waals surface area contributed by atoms with Gasteiger partial charge >= 0.3 is 0 Å². The van der Waals surface area contributed by atoms with E-state index in [9.17, 15) is 14.4 Å². The monoisotopic (exact) mass is 579 g/mol. The van der Waals surface area contributed by atoms with Crippen LogP contribution in [0.4, 0.5) is 10.1 Å². The SMILES string of the molecule is C=CC(=O)N1CCN(C2NC(OC[C@H]3CCCN3C)NC3C[C@@]4(CCC32)Cc2cccc(F)c2N(C)C4)C[C@H]1CC#N. The van der Waals surface area contributed by atoms with Crippen molar-refractivity contribution in [3.8, 4) is 6.07 Å². The zero-order chi connectivity index (χ0) is 29.4. The van der Waals surface area contributed by atoms with E-state index in [1.54, 1.807) is 11.0 Å². The predicted molar refractivity (Wildman–Crippen MR) is 160 cm³/mol. The summed E-state index contributed by atoms with van der Waals surface area (Å²) < 4.78 is 21.3. The van der Waals surface area contributed by atoms with Gasteiger partial charge in [0.2, 0.25) is 5.91 Å². The fourth-order valence-corrected chi connectivity index (χ4v) is 8.64. The van der Waals surface area contributed by atoms with E-state index >= 15 is 0 Å². The van der Waals surface area contributed by atoms with E-state index in [-0.39, 0.29) is 41.7 Å². The lowest BCUT2D eigenvalue weighted by molar-refractivity contribution is -0.137. The number of ether oxygens (including phenoxy) is 1. The Bertz CT molecular complexity index is 1210. The number of nitrogens with zero attached hydrogens (tertiary/aromatic N) is 5. The van der Waals surface area contributed by atoms with E-state index in [2.05, 4.69) is 51.1 Å². The average Bonchev–Trinajstić information content (AvgIpc) is 3.39. The number of anilines is 1. The van der Waals surface area contributed by atoms with Crippen LogP contribution in [0.5, 0.6) is 0 Å². The summed E-state index contributed by atoms with van der Waals surface area (Å²) in [6.07, 6.45) is 7.80. The summed E-state index contributed by atoms with van der Waals surface area (Å²) in [6, 6.07) is 8.29. The highest BCUT2D eigenvalue weighted by atomic mass is 19.1. The van der Waals surface area contributed by atoms with Crippen LogP contribution in [0.25, 0.3) is 0 Å². The first-order valence-electron chi connectivity index (χ1n) is 15.7. The topological polar surface area (TPSA) is 87.1 Å². The molecule has 4 fully saturated rings. The Kier molecular flexibility index (Phi) is 8.58. The maximum Gasteiger partial charge on any atom is 0.246 e. The van der Waals surface area contributed by atoms with Gasteiger partial charge in [0.1, 0.15) is 5.82 Å². The van der Waals surface area contributed by atoms with Crippen molar-refractivity contribution in [3.05, 3.63) is 42.2 Å². The van der Waals surface area contributed by atoms with E-state index in [0.29, 0.717) is 38.1 Å². The Hall–Kier alpha value is -2.55. The number of rotatable bonds is 6. The zero-order valence-electron chi connectivity index (χ0n) is 25.1. The van der Waals surface area contributed by atoms with Gasteiger partial charge in [-0.2, -0.15) is 5.26 Å². The minimum Gasteiger partial charge on any atom is -0.371 e. The Morgan fingerprint density at radius 2 is 2.10 bits per heavy atom. The number of hydrogen-bond acceptors (Lipinski definition) is 8. The molecule has 0 bridgehead atoms. The number of carbonyl (C=O) groups is 1. The summed E-state index contributed by atoms with van der Waals surface area (Å²) in [6.45, 7) is 8.26. The molecule has 7 atom stereocenters. The van der Waals surface area contributed by atoms with Crippen molar-refractivity contribution in [3.63, 3.8) is 0 Å². The van der Waals surface area contributed by atoms with Crippen LogP contribution in [0.2, 0.25) is 0 Å². The number of carbonyl (C=O) groups excluding carboxylic acids is 1. The number of piperazine rings is 1. The fraction of sp³-hybridized carbons (Fsp3) is 0.688. The van der Waals surface area contributed by atoms with Gasteiger partial charge in [-0.15, -0.1) is 0 Å². The van der Waals surface area contributed by atoms with Crippen LogP contribution in [0.1, 0.15) is 44.1 Å². The summed E-state index contributed by atoms with van der Waals surface area (Å²) in [5, 5.41) is 17.2. The van der Waals surface area contributed by atoms with Gasteiger partial charge < -0.3 is 19.4 Å². The number of amides is 1. The third-order valence-electron chi connectivity index (χ3n) is 10.7. The maximum atomic E-state index is 14.7. The van der Waals surface area contributed by atoms with Crippen LogP contribution in [0.15, 0.2) is 30.9 Å². The van der Waals surface area contributed by atoms with E-state index in [1.807, 2.05) is 13.1 Å². The molecule has 2 N–H and O–H groups in total. The number of fused-ring (bicyclic) bond motifs is 2. The lowest BCUT2D eigenvalue weighted by Crippen LogP contribution is -2.73. The molecule has 1 amide bonds. The number of nitriles is 1. The standard InChI is InChI=1S/C32H46FN7O2/c1-4-28(41)40-16-15-39(19-23(40)11-13-34)30-25-10-12-32(17-22-7-5-9-26(33)29(22)38(3)21-32)18-27(25)35-31(36-30)42-20-24-8-6-14-37(24)2/h4-5,7,9,23-25,27,30-31,35-36H,1,6,8,10-12,14-21H2,2-3H3/t23-,24-,25?,27?,30?,31?,32-/m1/s1. The lowest BCUT2D eigenvalue weighted by Gasteiger charge is -2.57. The quantitative estimate of drug-likeness (QED) is 0.498. The van der Waals surface area contributed by atoms with Crippen LogP contribution in [0.3, 0.4) is 0 Å². The smallest absolute Gasteiger partial charge is 0.246 e. The second-order valence-electron chi connectivity index (χ2n) is 13.3. The number of likely N-dealkylation sites (N-methyl/N-ethyl adjacent to an activating group) is 1. The van der Waals surface area contributed by atoms with Crippen LogP contribution in [0, 0.1) is 28.5 Å². The highest BCUT2D eigenvalue weighted by molar-refractivity contribution is 5.87. The molecule has 1 saturated carbocycles. The number of halogens is 1. The van der Waals surface area contributed by atoms with Crippen LogP contribution < -0.4 is 15.5 Å². The van der Waals surface area contributed by atoms with Gasteiger partial charge in [0.25, 0.3) is 0 Å². The summed E-state index contributed by atoms with van der Waals surface area (Å²) in [5.41, 5.74) is 1.92. The van der Waals surface area contributed by atoms with E-state index in [0.717, 1.165) is 63.0 Å². The molecule has 1 aliphatic carbocycles. The Balaban J connectivity index is 1.22. The van der Waals surface area contributed by atoms with Gasteiger partial charge in [-0.1, -0.05) is 18.7 Å². The van der Waals surface area contributed by atoms with Crippen molar-refractivity contribution in [2.45, 2.75) is 75.6 Å². The van der Waals surface area contributed by atoms with Crippen molar-refractivity contribution in [1.29, 1.82) is 5.26 Å². The first-order valence-corrected chi connectivity index (χ1v) is 15.7. The predicted octanol–water partition coefficient (Wildman–Crippen LogP) is 2.50. The summed E-state index contributed by atoms with van der Waals surface area (Å²) in [5.74, 6) is 0.115. The number of nitrogens with one attached hydrogen (secondary N) is 2. The first kappa shape index (κ1) is 29.5. The van der Waals surface area contributed by atoms with Crippen molar-refractivity contribution in [1.82, 2.24) is 25.3 Å². The van der Waals surface area contributed by atoms with Gasteiger partial charge in [0.05, 0.1) is 37.0 Å². The second kappa shape index (κ2) is 12.2. The van der Waals surface area contributed by atoms with Gasteiger partial charge in [0, 0.05) is 51.2 Å². The fourth-order valence-electron chi connectivity index (χ4n) is 8.64. The molecule has 1 aromatic rings. The molecule has 0 aromatic heterocycles. The third-order valence-corrected chi connectivity index (χ3v) is 10.7. The highest BCUT2D eigenvalue weighted by Gasteiger charge is 2.51. The van der Waals surface area contributed by atoms with Crippen molar-refractivity contribution < 1.29 is 13.9 Å². The molecule has 4 aliphatic heterocycles. The molecule has 1 aromatic carbocycles. The van der Waals surface area contributed by atoms with E-state index in [4.69, 9.17) is 4.74 Å². The first-order chi connectivity index (χ1) is 20.3. The molecule has 10 heteroatoms. The molecule has 42 heavy (non-hydrogen) atoms. The molecule has 6 rings (SSSR count). The van der Waals surface area contributed by atoms with Gasteiger partial charge in [-0.25, -0.2) is 4.39 Å². The molecule has 3 saturated heterocycles. The molecule has 228 valence electrons. The average molecular weight is 580 g/mol. The summed E-state index contributed by atoms with van der Waals surface area (Å²) in [7, 11) is 4.20. The molecule has 4 heterocycles. The Morgan fingerprint density at radius 3 is 2.86 bits per heavy atom. The molecule has 1 spiro atoms. The van der Waals surface area contributed by atoms with E-state index < -0.39 is 0 Å². The maximum absolute atomic E-state index is 14.7. The zero-order valence-corrected chi connectivity index (χ0v) is 25.1. The molecular formula is C32H46FN7O2. The van der Waals surface area contributed by atoms with Gasteiger partial charge in [-0.05, 0) is 75.2 Å². The van der Waals surface area contributed by atoms with Gasteiger partial charge in [-0.3, -0.25) is 20.3 Å². The number of para-hydroxylation sites is 1. The summed E-state index contributed by atoms with van der Waals surface area (Å²) >= 11 is 0. The summed E-state index contributed by atoms with van der Waals surface area (Å²) in [4.78, 5) is 21.3. The second-order valence-corrected chi connectivity index (χ2v) is 13.3. The van der Waals surface area contributed by atoms with Crippen molar-refractivity contribution >= 4 is 11.6 Å². The number of hydrogen-bond donors (Lipinski definition) is 2. The number of likely N-dealkylation sites (tertiary alicyclic amines) is 1. The normalized spacial score (nSPS) is 35.5.